The van der Waals surface area contributed by atoms with Crippen LogP contribution in [-0.4, -0.2) is 39.1 Å². The monoisotopic (exact) mass is 342 g/mol. The number of carbonyl (C=O) groups is 1. The van der Waals surface area contributed by atoms with Crippen LogP contribution in [0.3, 0.4) is 0 Å². The zero-order chi connectivity index (χ0) is 16.9. The summed E-state index contributed by atoms with van der Waals surface area (Å²) in [6.45, 7) is 6.76. The molecule has 2 aliphatic heterocycles. The Balaban J connectivity index is 1.56. The lowest BCUT2D eigenvalue weighted by molar-refractivity contribution is -0.114. The van der Waals surface area contributed by atoms with Crippen LogP contribution in [0.1, 0.15) is 26.6 Å². The summed E-state index contributed by atoms with van der Waals surface area (Å²) in [6, 6.07) is 3.71. The first-order chi connectivity index (χ1) is 11.4. The molecule has 7 heteroatoms. The molecule has 0 fully saturated rings. The summed E-state index contributed by atoms with van der Waals surface area (Å²) in [5, 5.41) is 4.03. The molecule has 0 aliphatic carbocycles. The molecule has 0 atom stereocenters. The molecule has 0 N–H and O–H groups in total. The Morgan fingerprint density at radius 1 is 1.25 bits per heavy atom. The van der Waals surface area contributed by atoms with E-state index < -0.39 is 0 Å². The number of aromatic nitrogens is 3. The predicted octanol–water partition coefficient (Wildman–Crippen LogP) is 2.82. The number of amides is 1. The second kappa shape index (κ2) is 5.44. The zero-order valence-corrected chi connectivity index (χ0v) is 14.7. The van der Waals surface area contributed by atoms with Crippen LogP contribution in [0.2, 0.25) is 0 Å². The minimum Gasteiger partial charge on any atom is -0.334 e. The van der Waals surface area contributed by atoms with Crippen molar-refractivity contribution in [2.45, 2.75) is 26.2 Å². The number of nitrogens with zero attached hydrogens (tertiary/aromatic N) is 4. The molecule has 0 saturated carbocycles. The van der Waals surface area contributed by atoms with Gasteiger partial charge in [-0.05, 0) is 17.7 Å². The predicted molar refractivity (Wildman–Crippen MR) is 92.9 cm³/mol. The van der Waals surface area contributed by atoms with E-state index >= 15 is 0 Å². The number of carbonyl (C=O) groups excluding carboxylic acids is 1. The second-order valence-electron chi connectivity index (χ2n) is 7.04. The van der Waals surface area contributed by atoms with Gasteiger partial charge in [0.1, 0.15) is 5.82 Å². The lowest BCUT2D eigenvalue weighted by Gasteiger charge is -2.17. The Morgan fingerprint density at radius 3 is 2.71 bits per heavy atom. The highest BCUT2D eigenvalue weighted by Crippen LogP contribution is 2.34. The van der Waals surface area contributed by atoms with Crippen molar-refractivity contribution < 1.29 is 9.32 Å². The van der Waals surface area contributed by atoms with Crippen LogP contribution in [0, 0.1) is 0 Å². The van der Waals surface area contributed by atoms with E-state index in [-0.39, 0.29) is 11.3 Å². The van der Waals surface area contributed by atoms with Gasteiger partial charge in [0, 0.05) is 28.7 Å². The van der Waals surface area contributed by atoms with E-state index in [1.54, 1.807) is 22.9 Å². The van der Waals surface area contributed by atoms with Gasteiger partial charge in [-0.25, -0.2) is 4.98 Å². The van der Waals surface area contributed by atoms with Gasteiger partial charge in [-0.2, -0.15) is 16.7 Å². The molecule has 6 nitrogen and oxygen atoms in total. The Hall–Kier alpha value is -2.15. The number of hydrogen-bond acceptors (Lipinski definition) is 6. The fraction of sp³-hybridized carbons (Fsp3) is 0.412. The van der Waals surface area contributed by atoms with E-state index in [2.05, 4.69) is 15.1 Å². The van der Waals surface area contributed by atoms with Crippen molar-refractivity contribution in [3.8, 4) is 11.5 Å². The molecule has 0 spiro atoms. The molecule has 2 aromatic rings. The minimum atomic E-state index is -0.165. The maximum absolute atomic E-state index is 12.4. The van der Waals surface area contributed by atoms with Crippen LogP contribution in [0.5, 0.6) is 0 Å². The number of rotatable bonds is 2. The molecular formula is C17H18N4O2S. The Labute approximate surface area is 144 Å². The fourth-order valence-corrected chi connectivity index (χ4v) is 3.89. The van der Waals surface area contributed by atoms with E-state index in [0.717, 1.165) is 22.6 Å². The van der Waals surface area contributed by atoms with Crippen molar-refractivity contribution in [2.24, 2.45) is 0 Å². The second-order valence-corrected chi connectivity index (χ2v) is 8.03. The largest absolute Gasteiger partial charge is 0.334 e. The highest BCUT2D eigenvalue weighted by atomic mass is 32.2. The lowest BCUT2D eigenvalue weighted by Crippen LogP contribution is -2.28. The molecule has 0 unspecified atom stereocenters. The summed E-state index contributed by atoms with van der Waals surface area (Å²) in [5.41, 5.74) is 2.78. The van der Waals surface area contributed by atoms with E-state index in [1.807, 2.05) is 32.9 Å². The van der Waals surface area contributed by atoms with Gasteiger partial charge in [-0.15, -0.1) is 0 Å². The average molecular weight is 342 g/mol. The summed E-state index contributed by atoms with van der Waals surface area (Å²) in [7, 11) is 0. The van der Waals surface area contributed by atoms with Crippen LogP contribution in [0.25, 0.3) is 11.5 Å². The molecule has 2 aromatic heterocycles. The maximum atomic E-state index is 12.4. The van der Waals surface area contributed by atoms with Crippen LogP contribution in [-0.2, 0) is 10.2 Å². The van der Waals surface area contributed by atoms with Gasteiger partial charge in [-0.3, -0.25) is 9.69 Å². The molecule has 0 aromatic carbocycles. The third kappa shape index (κ3) is 2.53. The Kier molecular flexibility index (Phi) is 3.49. The minimum absolute atomic E-state index is 0.0862. The number of anilines is 1. The first kappa shape index (κ1) is 15.4. The van der Waals surface area contributed by atoms with E-state index in [4.69, 9.17) is 4.52 Å². The molecule has 0 bridgehead atoms. The summed E-state index contributed by atoms with van der Waals surface area (Å²) in [5.74, 6) is 3.63. The summed E-state index contributed by atoms with van der Waals surface area (Å²) in [4.78, 5) is 23.0. The van der Waals surface area contributed by atoms with Gasteiger partial charge in [0.15, 0.2) is 5.82 Å². The summed E-state index contributed by atoms with van der Waals surface area (Å²) < 4.78 is 5.33. The molecule has 1 amide bonds. The first-order valence-corrected chi connectivity index (χ1v) is 9.00. The topological polar surface area (TPSA) is 72.1 Å². The third-order valence-electron chi connectivity index (χ3n) is 4.17. The molecule has 0 saturated heterocycles. The lowest BCUT2D eigenvalue weighted by atomic mass is 9.96. The Morgan fingerprint density at radius 2 is 2.08 bits per heavy atom. The van der Waals surface area contributed by atoms with Gasteiger partial charge < -0.3 is 4.52 Å². The number of thioether (sulfide) groups is 1. The molecule has 124 valence electrons. The SMILES string of the molecule is CC(C)(C)c1noc(-c2ccc(N3CC4=C(CSC4)C3=O)nc2)n1. The molecule has 4 heterocycles. The zero-order valence-electron chi connectivity index (χ0n) is 13.9. The van der Waals surface area contributed by atoms with Crippen molar-refractivity contribution in [2.75, 3.05) is 23.0 Å². The van der Waals surface area contributed by atoms with Crippen molar-refractivity contribution in [3.63, 3.8) is 0 Å². The summed E-state index contributed by atoms with van der Waals surface area (Å²) in [6.07, 6.45) is 1.68. The molecule has 4 rings (SSSR count). The summed E-state index contributed by atoms with van der Waals surface area (Å²) >= 11 is 1.80. The Bertz CT molecular complexity index is 833. The molecule has 2 aliphatic rings. The van der Waals surface area contributed by atoms with E-state index in [9.17, 15) is 4.79 Å². The van der Waals surface area contributed by atoms with Gasteiger partial charge in [0.2, 0.25) is 0 Å². The van der Waals surface area contributed by atoms with Crippen molar-refractivity contribution in [1.82, 2.24) is 15.1 Å². The van der Waals surface area contributed by atoms with Gasteiger partial charge >= 0.3 is 0 Å². The van der Waals surface area contributed by atoms with Crippen LogP contribution < -0.4 is 4.90 Å². The van der Waals surface area contributed by atoms with Crippen LogP contribution >= 0.6 is 11.8 Å². The quantitative estimate of drug-likeness (QED) is 0.836. The van der Waals surface area contributed by atoms with E-state index in [0.29, 0.717) is 24.1 Å². The highest BCUT2D eigenvalue weighted by Gasteiger charge is 2.34. The molecule has 0 radical (unpaired) electrons. The standard InChI is InChI=1S/C17H18N4O2S/c1-17(2,3)16-19-14(23-20-16)10-4-5-13(18-6-10)21-7-11-8-24-9-12(11)15(21)22/h4-6H,7-9H2,1-3H3. The van der Waals surface area contributed by atoms with Crippen molar-refractivity contribution >= 4 is 23.5 Å². The molecular weight excluding hydrogens is 324 g/mol. The first-order valence-electron chi connectivity index (χ1n) is 7.84. The van der Waals surface area contributed by atoms with Crippen LogP contribution in [0.4, 0.5) is 5.82 Å². The fourth-order valence-electron chi connectivity index (χ4n) is 2.75. The van der Waals surface area contributed by atoms with Gasteiger partial charge in [0.25, 0.3) is 11.8 Å². The highest BCUT2D eigenvalue weighted by molar-refractivity contribution is 8.00. The number of hydrogen-bond donors (Lipinski definition) is 0. The third-order valence-corrected chi connectivity index (χ3v) is 5.22. The van der Waals surface area contributed by atoms with Crippen molar-refractivity contribution in [3.05, 3.63) is 35.3 Å². The maximum Gasteiger partial charge on any atom is 0.259 e. The van der Waals surface area contributed by atoms with Crippen LogP contribution in [0.15, 0.2) is 34.0 Å². The molecule has 24 heavy (non-hydrogen) atoms. The number of pyridine rings is 1. The smallest absolute Gasteiger partial charge is 0.259 e. The normalized spacial score (nSPS) is 17.8. The average Bonchev–Trinajstić information content (AvgIpc) is 3.24. The van der Waals surface area contributed by atoms with Gasteiger partial charge in [0.05, 0.1) is 12.1 Å². The van der Waals surface area contributed by atoms with Gasteiger partial charge in [-0.1, -0.05) is 25.9 Å². The van der Waals surface area contributed by atoms with E-state index in [1.165, 1.54) is 5.57 Å². The van der Waals surface area contributed by atoms with Crippen molar-refractivity contribution in [1.29, 1.82) is 0 Å².